The van der Waals surface area contributed by atoms with Gasteiger partial charge in [0.2, 0.25) is 18.6 Å². The van der Waals surface area contributed by atoms with Crippen LogP contribution in [0.15, 0.2) is 48.5 Å². The second-order valence-electron chi connectivity index (χ2n) is 9.48. The first kappa shape index (κ1) is 28.5. The topological polar surface area (TPSA) is 100 Å². The van der Waals surface area contributed by atoms with Crippen LogP contribution in [0.1, 0.15) is 57.1 Å². The van der Waals surface area contributed by atoms with Gasteiger partial charge in [-0.1, -0.05) is 50.2 Å². The van der Waals surface area contributed by atoms with Crippen molar-refractivity contribution in [3.8, 4) is 11.5 Å². The first-order chi connectivity index (χ1) is 18.0. The first-order valence-corrected chi connectivity index (χ1v) is 13.4. The van der Waals surface area contributed by atoms with Crippen LogP contribution >= 0.6 is 0 Å². The van der Waals surface area contributed by atoms with Gasteiger partial charge in [0.25, 0.3) is 0 Å². The number of nitrogens with one attached hydrogen (secondary N) is 2. The lowest BCUT2D eigenvalue weighted by Gasteiger charge is -2.25. The summed E-state index contributed by atoms with van der Waals surface area (Å²) < 4.78 is 10.9. The third-order valence-electron chi connectivity index (χ3n) is 6.36. The van der Waals surface area contributed by atoms with Crippen molar-refractivity contribution in [3.05, 3.63) is 59.7 Å². The molecule has 1 aliphatic rings. The number of aliphatic hydroxyl groups excluding tert-OH is 1. The van der Waals surface area contributed by atoms with Crippen LogP contribution in [0.2, 0.25) is 0 Å². The van der Waals surface area contributed by atoms with E-state index in [9.17, 15) is 14.7 Å². The van der Waals surface area contributed by atoms with E-state index in [4.69, 9.17) is 9.47 Å². The van der Waals surface area contributed by atoms with Crippen molar-refractivity contribution in [1.29, 1.82) is 0 Å². The number of rotatable bonds is 16. The summed E-state index contributed by atoms with van der Waals surface area (Å²) in [5, 5.41) is 17.3. The van der Waals surface area contributed by atoms with Gasteiger partial charge in [0, 0.05) is 39.0 Å². The van der Waals surface area contributed by atoms with Gasteiger partial charge in [0.1, 0.15) is 0 Å². The van der Waals surface area contributed by atoms with Gasteiger partial charge in [0.15, 0.2) is 11.5 Å². The molecule has 3 rings (SSSR count). The average Bonchev–Trinajstić information content (AvgIpc) is 3.36. The summed E-state index contributed by atoms with van der Waals surface area (Å²) >= 11 is 0. The van der Waals surface area contributed by atoms with E-state index in [1.807, 2.05) is 53.4 Å². The number of nitrogens with zero attached hydrogens (tertiary/aromatic N) is 1. The van der Waals surface area contributed by atoms with Gasteiger partial charge in [-0.15, -0.1) is 0 Å². The van der Waals surface area contributed by atoms with E-state index >= 15 is 0 Å². The highest BCUT2D eigenvalue weighted by Crippen LogP contribution is 2.32. The van der Waals surface area contributed by atoms with Gasteiger partial charge in [-0.3, -0.25) is 9.59 Å². The van der Waals surface area contributed by atoms with E-state index in [1.54, 1.807) is 0 Å². The van der Waals surface area contributed by atoms with Crippen LogP contribution in [0.3, 0.4) is 0 Å². The molecule has 3 N–H and O–H groups in total. The Morgan fingerprint density at radius 3 is 2.43 bits per heavy atom. The third kappa shape index (κ3) is 9.37. The fourth-order valence-corrected chi connectivity index (χ4v) is 4.45. The van der Waals surface area contributed by atoms with Crippen molar-refractivity contribution >= 4 is 11.8 Å². The summed E-state index contributed by atoms with van der Waals surface area (Å²) in [6.07, 6.45) is 2.54. The molecule has 0 saturated carbocycles. The monoisotopic (exact) mass is 511 g/mol. The summed E-state index contributed by atoms with van der Waals surface area (Å²) in [4.78, 5) is 27.2. The summed E-state index contributed by atoms with van der Waals surface area (Å²) in [6.45, 7) is 6.75. The van der Waals surface area contributed by atoms with Crippen LogP contribution in [-0.2, 0) is 22.6 Å². The van der Waals surface area contributed by atoms with E-state index in [2.05, 4.69) is 24.5 Å². The lowest BCUT2D eigenvalue weighted by atomic mass is 10.00. The standard InChI is InChI=1S/C29H41N3O5/c1-3-15-32(16-4-2)29(35)12-8-11-28(34)31-24(17-23-13-14-26-27(18-23)37-21-36-26)25(33)20-30-19-22-9-6-5-7-10-22/h5-7,9-10,13-14,18,24-25,30,33H,3-4,8,11-12,15-17,19-21H2,1-2H3,(H,31,34)/t24-,25+/m0/s1. The molecule has 0 spiro atoms. The van der Waals surface area contributed by atoms with E-state index in [0.29, 0.717) is 43.9 Å². The lowest BCUT2D eigenvalue weighted by Crippen LogP contribution is -2.48. The molecule has 2 aromatic carbocycles. The molecule has 8 heteroatoms. The highest BCUT2D eigenvalue weighted by Gasteiger charge is 2.23. The summed E-state index contributed by atoms with van der Waals surface area (Å²) in [7, 11) is 0. The molecule has 0 radical (unpaired) electrons. The maximum Gasteiger partial charge on any atom is 0.231 e. The van der Waals surface area contributed by atoms with Crippen LogP contribution in [0.25, 0.3) is 0 Å². The van der Waals surface area contributed by atoms with Crippen LogP contribution in [0.4, 0.5) is 0 Å². The summed E-state index contributed by atoms with van der Waals surface area (Å²) in [6, 6.07) is 15.1. The molecule has 1 aliphatic heterocycles. The minimum atomic E-state index is -0.802. The van der Waals surface area contributed by atoms with Crippen LogP contribution < -0.4 is 20.1 Å². The van der Waals surface area contributed by atoms with Crippen molar-refractivity contribution in [1.82, 2.24) is 15.5 Å². The molecular formula is C29H41N3O5. The minimum Gasteiger partial charge on any atom is -0.454 e. The van der Waals surface area contributed by atoms with Gasteiger partial charge in [-0.25, -0.2) is 0 Å². The number of carbonyl (C=O) groups excluding carboxylic acids is 2. The second kappa shape index (κ2) is 15.2. The fraction of sp³-hybridized carbons (Fsp3) is 0.517. The zero-order valence-corrected chi connectivity index (χ0v) is 22.1. The highest BCUT2D eigenvalue weighted by atomic mass is 16.7. The second-order valence-corrected chi connectivity index (χ2v) is 9.48. The van der Waals surface area contributed by atoms with Gasteiger partial charge in [-0.05, 0) is 48.9 Å². The molecule has 0 aromatic heterocycles. The maximum absolute atomic E-state index is 12.8. The van der Waals surface area contributed by atoms with Gasteiger partial charge >= 0.3 is 0 Å². The Morgan fingerprint density at radius 1 is 0.973 bits per heavy atom. The number of hydrogen-bond acceptors (Lipinski definition) is 6. The van der Waals surface area contributed by atoms with Crippen molar-refractivity contribution in [2.75, 3.05) is 26.4 Å². The maximum atomic E-state index is 12.8. The van der Waals surface area contributed by atoms with E-state index < -0.39 is 12.1 Å². The molecule has 37 heavy (non-hydrogen) atoms. The number of ether oxygens (including phenoxy) is 2. The van der Waals surface area contributed by atoms with Gasteiger partial charge < -0.3 is 30.1 Å². The molecular weight excluding hydrogens is 470 g/mol. The van der Waals surface area contributed by atoms with E-state index in [1.165, 1.54) is 0 Å². The minimum absolute atomic E-state index is 0.0959. The summed E-state index contributed by atoms with van der Waals surface area (Å²) in [5.74, 6) is 1.29. The zero-order valence-electron chi connectivity index (χ0n) is 22.1. The number of hydrogen-bond donors (Lipinski definition) is 3. The average molecular weight is 512 g/mol. The molecule has 8 nitrogen and oxygen atoms in total. The molecule has 0 unspecified atom stereocenters. The van der Waals surface area contributed by atoms with Crippen LogP contribution in [-0.4, -0.2) is 60.4 Å². The van der Waals surface area contributed by atoms with Gasteiger partial charge in [-0.2, -0.15) is 0 Å². The Bertz CT molecular complexity index is 979. The molecule has 2 aromatic rings. The van der Waals surface area contributed by atoms with Crippen molar-refractivity contribution in [3.63, 3.8) is 0 Å². The zero-order chi connectivity index (χ0) is 26.5. The predicted octanol–water partition coefficient (Wildman–Crippen LogP) is 3.41. The van der Waals surface area contributed by atoms with Crippen LogP contribution in [0.5, 0.6) is 11.5 Å². The van der Waals surface area contributed by atoms with Crippen molar-refractivity contribution < 1.29 is 24.2 Å². The quantitative estimate of drug-likeness (QED) is 0.319. The Hall–Kier alpha value is -3.10. The Balaban J connectivity index is 1.55. The molecule has 202 valence electrons. The fourth-order valence-electron chi connectivity index (χ4n) is 4.45. The molecule has 0 bridgehead atoms. The largest absolute Gasteiger partial charge is 0.454 e. The smallest absolute Gasteiger partial charge is 0.231 e. The lowest BCUT2D eigenvalue weighted by molar-refractivity contribution is -0.131. The number of benzene rings is 2. The van der Waals surface area contributed by atoms with Gasteiger partial charge in [0.05, 0.1) is 12.1 Å². The number of fused-ring (bicyclic) bond motifs is 1. The Morgan fingerprint density at radius 2 is 1.70 bits per heavy atom. The molecule has 2 amide bonds. The van der Waals surface area contributed by atoms with E-state index in [0.717, 1.165) is 37.1 Å². The molecule has 1 heterocycles. The number of aliphatic hydroxyl groups is 1. The third-order valence-corrected chi connectivity index (χ3v) is 6.36. The Labute approximate surface area is 220 Å². The number of amides is 2. The first-order valence-electron chi connectivity index (χ1n) is 13.4. The highest BCUT2D eigenvalue weighted by molar-refractivity contribution is 5.79. The summed E-state index contributed by atoms with van der Waals surface area (Å²) in [5.41, 5.74) is 2.05. The Kier molecular flexibility index (Phi) is 11.7. The van der Waals surface area contributed by atoms with Crippen molar-refractivity contribution in [2.24, 2.45) is 0 Å². The molecule has 0 saturated heterocycles. The van der Waals surface area contributed by atoms with Crippen LogP contribution in [0, 0.1) is 0 Å². The predicted molar refractivity (Wildman–Crippen MR) is 143 cm³/mol. The number of carbonyl (C=O) groups is 2. The molecule has 0 aliphatic carbocycles. The van der Waals surface area contributed by atoms with E-state index in [-0.39, 0.29) is 25.0 Å². The normalized spacial score (nSPS) is 13.7. The van der Waals surface area contributed by atoms with Crippen molar-refractivity contribution in [2.45, 2.75) is 71.1 Å². The molecule has 2 atom stereocenters. The SMILES string of the molecule is CCCN(CCC)C(=O)CCCC(=O)N[C@@H](Cc1ccc2c(c1)OCO2)[C@H](O)CNCc1ccccc1. The molecule has 0 fully saturated rings.